The molecule has 0 spiro atoms. The molecule has 2 saturated heterocycles. The van der Waals surface area contributed by atoms with Gasteiger partial charge in [-0.05, 0) is 52.2 Å². The van der Waals surface area contributed by atoms with Crippen LogP contribution >= 0.6 is 24.0 Å². The minimum absolute atomic E-state index is 0. The number of nitrogens with one attached hydrogen (secondary N) is 2. The lowest BCUT2D eigenvalue weighted by molar-refractivity contribution is -0.129. The maximum absolute atomic E-state index is 11.8. The summed E-state index contributed by atoms with van der Waals surface area (Å²) >= 11 is 0. The van der Waals surface area contributed by atoms with Crippen LogP contribution in [-0.4, -0.2) is 73.5 Å². The summed E-state index contributed by atoms with van der Waals surface area (Å²) in [6.45, 7) is 11.1. The summed E-state index contributed by atoms with van der Waals surface area (Å²) in [5.74, 6) is 1.14. The lowest BCUT2D eigenvalue weighted by Gasteiger charge is -2.19. The number of likely N-dealkylation sites (tertiary alicyclic amines) is 2. The van der Waals surface area contributed by atoms with Crippen molar-refractivity contribution in [3.05, 3.63) is 0 Å². The molecule has 0 saturated carbocycles. The Morgan fingerprint density at radius 2 is 1.96 bits per heavy atom. The van der Waals surface area contributed by atoms with Crippen molar-refractivity contribution in [2.45, 2.75) is 52.0 Å². The number of guanidine groups is 1. The lowest BCUT2D eigenvalue weighted by atomic mass is 10.3. The molecule has 6 nitrogen and oxygen atoms in total. The van der Waals surface area contributed by atoms with Crippen molar-refractivity contribution in [2.75, 3.05) is 45.8 Å². The molecule has 2 rings (SSSR count). The van der Waals surface area contributed by atoms with E-state index >= 15 is 0 Å². The molecule has 0 aliphatic carbocycles. The molecule has 1 amide bonds. The van der Waals surface area contributed by atoms with Gasteiger partial charge in [-0.1, -0.05) is 6.92 Å². The highest BCUT2D eigenvalue weighted by molar-refractivity contribution is 14.0. The van der Waals surface area contributed by atoms with Gasteiger partial charge in [0.15, 0.2) is 5.96 Å². The fourth-order valence-electron chi connectivity index (χ4n) is 3.33. The fourth-order valence-corrected chi connectivity index (χ4v) is 3.33. The number of carbonyl (C=O) groups is 1. The fraction of sp³-hybridized carbons (Fsp3) is 0.882. The quantitative estimate of drug-likeness (QED) is 0.268. The summed E-state index contributed by atoms with van der Waals surface area (Å²) in [4.78, 5) is 20.9. The van der Waals surface area contributed by atoms with Gasteiger partial charge in [0.1, 0.15) is 0 Å². The molecule has 1 atom stereocenters. The first-order chi connectivity index (χ1) is 11.2. The molecule has 0 aromatic heterocycles. The van der Waals surface area contributed by atoms with E-state index in [1.54, 1.807) is 0 Å². The van der Waals surface area contributed by atoms with E-state index in [9.17, 15) is 4.79 Å². The first-order valence-electron chi connectivity index (χ1n) is 9.28. The van der Waals surface area contributed by atoms with Crippen LogP contribution in [-0.2, 0) is 4.79 Å². The maximum atomic E-state index is 11.8. The Hall–Kier alpha value is -0.570. The van der Waals surface area contributed by atoms with E-state index in [1.165, 1.54) is 25.9 Å². The Kier molecular flexibility index (Phi) is 10.6. The van der Waals surface area contributed by atoms with E-state index in [1.807, 2.05) is 11.8 Å². The average molecular weight is 451 g/mol. The minimum Gasteiger partial charge on any atom is -0.357 e. The van der Waals surface area contributed by atoms with E-state index < -0.39 is 0 Å². The van der Waals surface area contributed by atoms with Gasteiger partial charge in [-0.3, -0.25) is 9.79 Å². The number of carbonyl (C=O) groups excluding carboxylic acids is 1. The van der Waals surface area contributed by atoms with E-state index in [-0.39, 0.29) is 29.9 Å². The zero-order valence-corrected chi connectivity index (χ0v) is 17.6. The molecule has 24 heavy (non-hydrogen) atoms. The molecule has 2 heterocycles. The van der Waals surface area contributed by atoms with E-state index in [2.05, 4.69) is 22.5 Å². The Bertz CT molecular complexity index is 398. The summed E-state index contributed by atoms with van der Waals surface area (Å²) in [6, 6.07) is 0.321. The second-order valence-corrected chi connectivity index (χ2v) is 6.49. The lowest BCUT2D eigenvalue weighted by Crippen LogP contribution is -2.45. The number of aliphatic imine (C=N–C) groups is 1. The van der Waals surface area contributed by atoms with Crippen molar-refractivity contribution >= 4 is 35.8 Å². The highest BCUT2D eigenvalue weighted by Gasteiger charge is 2.25. The molecule has 2 N–H and O–H groups in total. The van der Waals surface area contributed by atoms with Crippen LogP contribution in [0.25, 0.3) is 0 Å². The maximum Gasteiger partial charge on any atom is 0.222 e. The van der Waals surface area contributed by atoms with Crippen molar-refractivity contribution in [3.63, 3.8) is 0 Å². The standard InChI is InChI=1S/C17H33N5O.HI/c1-3-16(23)22-13-8-15(14-22)20-17(18-4-2)19-9-7-12-21-10-5-6-11-21;/h15H,3-14H2,1-2H3,(H2,18,19,20);1H. The second-order valence-electron chi connectivity index (χ2n) is 6.49. The van der Waals surface area contributed by atoms with Gasteiger partial charge in [0, 0.05) is 38.6 Å². The molecule has 140 valence electrons. The van der Waals surface area contributed by atoms with Gasteiger partial charge in [0.05, 0.1) is 0 Å². The molecular formula is C17H34IN5O. The Balaban J connectivity index is 0.00000288. The molecule has 7 heteroatoms. The van der Waals surface area contributed by atoms with Gasteiger partial charge in [0.2, 0.25) is 5.91 Å². The molecule has 0 radical (unpaired) electrons. The van der Waals surface area contributed by atoms with Gasteiger partial charge in [-0.2, -0.15) is 0 Å². The van der Waals surface area contributed by atoms with E-state index in [4.69, 9.17) is 4.99 Å². The monoisotopic (exact) mass is 451 g/mol. The summed E-state index contributed by atoms with van der Waals surface area (Å²) in [7, 11) is 0. The van der Waals surface area contributed by atoms with Crippen molar-refractivity contribution in [3.8, 4) is 0 Å². The van der Waals surface area contributed by atoms with E-state index in [0.29, 0.717) is 12.5 Å². The zero-order chi connectivity index (χ0) is 16.5. The first-order valence-corrected chi connectivity index (χ1v) is 9.28. The van der Waals surface area contributed by atoms with Crippen molar-refractivity contribution in [1.29, 1.82) is 0 Å². The highest BCUT2D eigenvalue weighted by atomic mass is 127. The summed E-state index contributed by atoms with van der Waals surface area (Å²) < 4.78 is 0. The number of hydrogen-bond acceptors (Lipinski definition) is 3. The van der Waals surface area contributed by atoms with Crippen molar-refractivity contribution < 1.29 is 4.79 Å². The van der Waals surface area contributed by atoms with Gasteiger partial charge in [0.25, 0.3) is 0 Å². The molecule has 2 fully saturated rings. The molecular weight excluding hydrogens is 417 g/mol. The van der Waals surface area contributed by atoms with Gasteiger partial charge >= 0.3 is 0 Å². The van der Waals surface area contributed by atoms with Gasteiger partial charge in [-0.25, -0.2) is 0 Å². The van der Waals surface area contributed by atoms with Crippen LogP contribution in [0.4, 0.5) is 0 Å². The summed E-state index contributed by atoms with van der Waals surface area (Å²) in [6.07, 6.45) is 5.41. The largest absolute Gasteiger partial charge is 0.357 e. The Morgan fingerprint density at radius 1 is 1.21 bits per heavy atom. The zero-order valence-electron chi connectivity index (χ0n) is 15.2. The van der Waals surface area contributed by atoms with Gasteiger partial charge < -0.3 is 20.4 Å². The molecule has 0 aromatic carbocycles. The van der Waals surface area contributed by atoms with Crippen LogP contribution in [0.1, 0.15) is 46.0 Å². The predicted molar refractivity (Wildman–Crippen MR) is 110 cm³/mol. The SMILES string of the molecule is CCNC(=NCCCN1CCCC1)NC1CCN(C(=O)CC)C1.I. The smallest absolute Gasteiger partial charge is 0.222 e. The number of hydrogen-bond donors (Lipinski definition) is 2. The van der Waals surface area contributed by atoms with E-state index in [0.717, 1.165) is 51.5 Å². The summed E-state index contributed by atoms with van der Waals surface area (Å²) in [5.41, 5.74) is 0. The third-order valence-corrected chi connectivity index (χ3v) is 4.63. The normalized spacial score (nSPS) is 21.7. The average Bonchev–Trinajstić information content (AvgIpc) is 3.22. The Morgan fingerprint density at radius 3 is 2.62 bits per heavy atom. The van der Waals surface area contributed by atoms with Crippen molar-refractivity contribution in [2.24, 2.45) is 4.99 Å². The van der Waals surface area contributed by atoms with Crippen LogP contribution in [0.5, 0.6) is 0 Å². The number of nitrogens with zero attached hydrogens (tertiary/aromatic N) is 3. The van der Waals surface area contributed by atoms with Crippen LogP contribution in [0.3, 0.4) is 0 Å². The highest BCUT2D eigenvalue weighted by Crippen LogP contribution is 2.10. The molecule has 0 aromatic rings. The summed E-state index contributed by atoms with van der Waals surface area (Å²) in [5, 5.41) is 6.80. The molecule has 1 unspecified atom stereocenters. The van der Waals surface area contributed by atoms with Crippen molar-refractivity contribution in [1.82, 2.24) is 20.4 Å². The molecule has 2 aliphatic heterocycles. The number of rotatable bonds is 7. The molecule has 0 bridgehead atoms. The molecule has 2 aliphatic rings. The number of amides is 1. The van der Waals surface area contributed by atoms with Crippen LogP contribution in [0.2, 0.25) is 0 Å². The van der Waals surface area contributed by atoms with Crippen LogP contribution in [0, 0.1) is 0 Å². The topological polar surface area (TPSA) is 60.0 Å². The third kappa shape index (κ3) is 7.13. The van der Waals surface area contributed by atoms with Crippen LogP contribution in [0.15, 0.2) is 4.99 Å². The predicted octanol–water partition coefficient (Wildman–Crippen LogP) is 1.66. The Labute approximate surface area is 163 Å². The minimum atomic E-state index is 0. The first kappa shape index (κ1) is 21.5. The van der Waals surface area contributed by atoms with Crippen LogP contribution < -0.4 is 10.6 Å². The number of halogens is 1. The second kappa shape index (κ2) is 11.9. The van der Waals surface area contributed by atoms with Gasteiger partial charge in [-0.15, -0.1) is 24.0 Å². The third-order valence-electron chi connectivity index (χ3n) is 4.63.